The Morgan fingerprint density at radius 3 is 2.92 bits per heavy atom. The Hall–Kier alpha value is -2.34. The highest BCUT2D eigenvalue weighted by molar-refractivity contribution is 5.75. The van der Waals surface area contributed by atoms with Gasteiger partial charge in [-0.1, -0.05) is 30.3 Å². The molecule has 1 aromatic heterocycles. The number of nitrogens with zero attached hydrogens (tertiary/aromatic N) is 3. The molecule has 2 amide bonds. The number of hydrogen-bond acceptors (Lipinski definition) is 3. The molecule has 6 heteroatoms. The van der Waals surface area contributed by atoms with E-state index in [0.29, 0.717) is 12.5 Å². The third kappa shape index (κ3) is 4.39. The number of ether oxygens (including phenoxy) is 1. The van der Waals surface area contributed by atoms with E-state index < -0.39 is 0 Å². The van der Waals surface area contributed by atoms with Gasteiger partial charge in [0.15, 0.2) is 0 Å². The van der Waals surface area contributed by atoms with Crippen molar-refractivity contribution in [2.24, 2.45) is 13.0 Å². The van der Waals surface area contributed by atoms with E-state index in [-0.39, 0.29) is 6.03 Å². The Morgan fingerprint density at radius 2 is 2.16 bits per heavy atom. The van der Waals surface area contributed by atoms with E-state index in [4.69, 9.17) is 4.74 Å². The summed E-state index contributed by atoms with van der Waals surface area (Å²) in [6, 6.07) is 10.0. The molecule has 25 heavy (non-hydrogen) atoms. The van der Waals surface area contributed by atoms with Crippen molar-refractivity contribution in [2.75, 3.05) is 26.3 Å². The molecule has 1 N–H and O–H groups in total. The molecule has 2 aromatic rings. The van der Waals surface area contributed by atoms with Crippen LogP contribution in [0.4, 0.5) is 4.79 Å². The van der Waals surface area contributed by atoms with Gasteiger partial charge < -0.3 is 15.0 Å². The predicted octanol–water partition coefficient (Wildman–Crippen LogP) is 2.66. The van der Waals surface area contributed by atoms with Crippen LogP contribution in [0.5, 0.6) is 0 Å². The van der Waals surface area contributed by atoms with Crippen LogP contribution in [0.15, 0.2) is 36.5 Å². The molecule has 2 heterocycles. The largest absolute Gasteiger partial charge is 0.381 e. The summed E-state index contributed by atoms with van der Waals surface area (Å²) in [5.74, 6) is 0.448. The second kappa shape index (κ2) is 8.16. The van der Waals surface area contributed by atoms with Crippen LogP contribution in [0.2, 0.25) is 0 Å². The van der Waals surface area contributed by atoms with Gasteiger partial charge in [-0.3, -0.25) is 4.68 Å². The van der Waals surface area contributed by atoms with Crippen LogP contribution in [-0.2, 0) is 18.3 Å². The number of aryl methyl sites for hydroxylation is 1. The minimum absolute atomic E-state index is 0.0122. The molecule has 1 aliphatic heterocycles. The molecule has 1 atom stereocenters. The highest BCUT2D eigenvalue weighted by atomic mass is 16.5. The number of urea groups is 1. The van der Waals surface area contributed by atoms with Crippen molar-refractivity contribution in [3.8, 4) is 11.3 Å². The standard InChI is InChI=1S/C19H26N4O2/c1-3-25-14-15-9-10-23(12-15)19(24)20-11-17-13-22(2)21-18(17)16-7-5-4-6-8-16/h4-8,13,15H,3,9-12,14H2,1-2H3,(H,20,24)/t15-/m0/s1. The third-order valence-corrected chi connectivity index (χ3v) is 4.51. The van der Waals surface area contributed by atoms with Crippen LogP contribution < -0.4 is 5.32 Å². The van der Waals surface area contributed by atoms with Crippen molar-refractivity contribution in [3.63, 3.8) is 0 Å². The maximum atomic E-state index is 12.4. The molecule has 0 spiro atoms. The molecule has 1 aliphatic rings. The van der Waals surface area contributed by atoms with Crippen molar-refractivity contribution < 1.29 is 9.53 Å². The Morgan fingerprint density at radius 1 is 1.36 bits per heavy atom. The molecule has 6 nitrogen and oxygen atoms in total. The first-order valence-electron chi connectivity index (χ1n) is 8.85. The van der Waals surface area contributed by atoms with Crippen molar-refractivity contribution in [1.82, 2.24) is 20.0 Å². The number of aromatic nitrogens is 2. The van der Waals surface area contributed by atoms with E-state index in [0.717, 1.165) is 49.5 Å². The molecule has 0 aliphatic carbocycles. The fourth-order valence-electron chi connectivity index (χ4n) is 3.23. The van der Waals surface area contributed by atoms with Gasteiger partial charge in [-0.2, -0.15) is 5.10 Å². The monoisotopic (exact) mass is 342 g/mol. The molecular weight excluding hydrogens is 316 g/mol. The van der Waals surface area contributed by atoms with Crippen molar-refractivity contribution >= 4 is 6.03 Å². The number of benzene rings is 1. The first kappa shape index (κ1) is 17.5. The highest BCUT2D eigenvalue weighted by Crippen LogP contribution is 2.22. The number of nitrogens with one attached hydrogen (secondary N) is 1. The zero-order valence-electron chi connectivity index (χ0n) is 14.9. The van der Waals surface area contributed by atoms with Crippen LogP contribution in [0, 0.1) is 5.92 Å². The zero-order chi connectivity index (χ0) is 17.6. The summed E-state index contributed by atoms with van der Waals surface area (Å²) in [5, 5.41) is 7.57. The summed E-state index contributed by atoms with van der Waals surface area (Å²) in [6.07, 6.45) is 2.97. The summed E-state index contributed by atoms with van der Waals surface area (Å²) in [7, 11) is 1.90. The van der Waals surface area contributed by atoms with Crippen molar-refractivity contribution in [2.45, 2.75) is 19.9 Å². The second-order valence-electron chi connectivity index (χ2n) is 6.46. The molecule has 1 fully saturated rings. The maximum Gasteiger partial charge on any atom is 0.317 e. The maximum absolute atomic E-state index is 12.4. The van der Waals surface area contributed by atoms with Gasteiger partial charge in [0, 0.05) is 56.5 Å². The summed E-state index contributed by atoms with van der Waals surface area (Å²) < 4.78 is 7.26. The lowest BCUT2D eigenvalue weighted by molar-refractivity contribution is 0.113. The molecule has 0 unspecified atom stereocenters. The van der Waals surface area contributed by atoms with E-state index in [1.54, 1.807) is 4.68 Å². The van der Waals surface area contributed by atoms with E-state index in [1.807, 2.05) is 55.4 Å². The number of likely N-dealkylation sites (tertiary alicyclic amines) is 1. The fraction of sp³-hybridized carbons (Fsp3) is 0.474. The average molecular weight is 342 g/mol. The first-order chi connectivity index (χ1) is 12.2. The molecular formula is C19H26N4O2. The fourth-order valence-corrected chi connectivity index (χ4v) is 3.23. The van der Waals surface area contributed by atoms with Crippen LogP contribution >= 0.6 is 0 Å². The smallest absolute Gasteiger partial charge is 0.317 e. The number of carbonyl (C=O) groups is 1. The van der Waals surface area contributed by atoms with E-state index in [2.05, 4.69) is 10.4 Å². The minimum Gasteiger partial charge on any atom is -0.381 e. The molecule has 1 saturated heterocycles. The van der Waals surface area contributed by atoms with Gasteiger partial charge in [0.1, 0.15) is 0 Å². The van der Waals surface area contributed by atoms with Crippen molar-refractivity contribution in [1.29, 1.82) is 0 Å². The zero-order valence-corrected chi connectivity index (χ0v) is 14.9. The van der Waals surface area contributed by atoms with Gasteiger partial charge in [0.2, 0.25) is 0 Å². The summed E-state index contributed by atoms with van der Waals surface area (Å²) >= 11 is 0. The number of rotatable bonds is 6. The van der Waals surface area contributed by atoms with Crippen molar-refractivity contribution in [3.05, 3.63) is 42.1 Å². The normalized spacial score (nSPS) is 17.0. The summed E-state index contributed by atoms with van der Waals surface area (Å²) in [4.78, 5) is 14.3. The molecule has 1 aromatic carbocycles. The topological polar surface area (TPSA) is 59.4 Å². The van der Waals surface area contributed by atoms with E-state index >= 15 is 0 Å². The SMILES string of the molecule is CCOC[C@H]1CCN(C(=O)NCc2cn(C)nc2-c2ccccc2)C1. The number of amides is 2. The molecule has 0 saturated carbocycles. The Kier molecular flexibility index (Phi) is 5.71. The Labute approximate surface area is 148 Å². The second-order valence-corrected chi connectivity index (χ2v) is 6.46. The summed E-state index contributed by atoms with van der Waals surface area (Å²) in [6.45, 7) is 5.50. The van der Waals surface area contributed by atoms with Gasteiger partial charge in [-0.25, -0.2) is 4.79 Å². The Bertz CT molecular complexity index is 699. The van der Waals surface area contributed by atoms with Gasteiger partial charge in [-0.05, 0) is 13.3 Å². The quantitative estimate of drug-likeness (QED) is 0.878. The lowest BCUT2D eigenvalue weighted by Crippen LogP contribution is -2.38. The highest BCUT2D eigenvalue weighted by Gasteiger charge is 2.26. The van der Waals surface area contributed by atoms with Gasteiger partial charge >= 0.3 is 6.03 Å². The minimum atomic E-state index is -0.0122. The first-order valence-corrected chi connectivity index (χ1v) is 8.85. The van der Waals surface area contributed by atoms with Crippen LogP contribution in [-0.4, -0.2) is 47.0 Å². The predicted molar refractivity (Wildman–Crippen MR) is 97.1 cm³/mol. The Balaban J connectivity index is 1.58. The summed E-state index contributed by atoms with van der Waals surface area (Å²) in [5.41, 5.74) is 3.00. The van der Waals surface area contributed by atoms with Gasteiger partial charge in [-0.15, -0.1) is 0 Å². The molecule has 3 rings (SSSR count). The lowest BCUT2D eigenvalue weighted by atomic mass is 10.1. The average Bonchev–Trinajstić information content (AvgIpc) is 3.25. The third-order valence-electron chi connectivity index (χ3n) is 4.51. The van der Waals surface area contributed by atoms with Crippen LogP contribution in [0.25, 0.3) is 11.3 Å². The number of hydrogen-bond donors (Lipinski definition) is 1. The van der Waals surface area contributed by atoms with Crippen LogP contribution in [0.3, 0.4) is 0 Å². The molecule has 0 bridgehead atoms. The van der Waals surface area contributed by atoms with Gasteiger partial charge in [0.05, 0.1) is 12.3 Å². The molecule has 134 valence electrons. The lowest BCUT2D eigenvalue weighted by Gasteiger charge is -2.17. The molecule has 0 radical (unpaired) electrons. The van der Waals surface area contributed by atoms with E-state index in [9.17, 15) is 4.79 Å². The van der Waals surface area contributed by atoms with Crippen LogP contribution in [0.1, 0.15) is 18.9 Å². The van der Waals surface area contributed by atoms with E-state index in [1.165, 1.54) is 0 Å². The number of carbonyl (C=O) groups excluding carboxylic acids is 1. The van der Waals surface area contributed by atoms with Gasteiger partial charge in [0.25, 0.3) is 0 Å².